The first-order valence-corrected chi connectivity index (χ1v) is 17.6. The van der Waals surface area contributed by atoms with E-state index in [0.29, 0.717) is 0 Å². The topological polar surface area (TPSA) is 34.1 Å². The normalized spacial score (nSPS) is 11.2. The summed E-state index contributed by atoms with van der Waals surface area (Å²) in [7, 11) is 0. The highest BCUT2D eigenvalue weighted by atomic mass is 32.1. The van der Waals surface area contributed by atoms with Gasteiger partial charge in [0.2, 0.25) is 0 Å². The summed E-state index contributed by atoms with van der Waals surface area (Å²) in [6.07, 6.45) is 24.9. The first kappa shape index (κ1) is 32.5. The number of aldehydes is 2. The van der Waals surface area contributed by atoms with Crippen molar-refractivity contribution in [3.63, 3.8) is 0 Å². The Balaban J connectivity index is 1.52. The number of aryl methyl sites for hydroxylation is 2. The minimum atomic E-state index is 0.876. The number of carbonyl (C=O) groups excluding carboxylic acids is 2. The summed E-state index contributed by atoms with van der Waals surface area (Å²) in [6.45, 7) is 4.52. The summed E-state index contributed by atoms with van der Waals surface area (Å²) in [6, 6.07) is 13.1. The number of benzene rings is 1. The van der Waals surface area contributed by atoms with Crippen LogP contribution in [0.1, 0.15) is 147 Å². The Morgan fingerprint density at radius 3 is 1.15 bits per heavy atom. The molecule has 0 aliphatic heterocycles. The van der Waals surface area contributed by atoms with Gasteiger partial charge in [-0.2, -0.15) is 0 Å². The molecule has 1 aromatic carbocycles. The van der Waals surface area contributed by atoms with Crippen molar-refractivity contribution in [2.75, 3.05) is 0 Å². The molecule has 0 atom stereocenters. The molecule has 0 fully saturated rings. The van der Waals surface area contributed by atoms with Gasteiger partial charge in [0, 0.05) is 9.75 Å². The number of hydrogen-bond donors (Lipinski definition) is 0. The Morgan fingerprint density at radius 2 is 0.825 bits per heavy atom. The van der Waals surface area contributed by atoms with Crippen LogP contribution in [0.15, 0.2) is 36.4 Å². The second-order valence-corrected chi connectivity index (χ2v) is 13.4. The van der Waals surface area contributed by atoms with Gasteiger partial charge in [0.1, 0.15) is 0 Å². The largest absolute Gasteiger partial charge is 0.297 e. The number of unbranched alkanes of at least 4 members (excludes halogenated alkanes) is 14. The van der Waals surface area contributed by atoms with Crippen molar-refractivity contribution in [2.24, 2.45) is 0 Å². The van der Waals surface area contributed by atoms with E-state index >= 15 is 0 Å². The lowest BCUT2D eigenvalue weighted by Gasteiger charge is -2.02. The van der Waals surface area contributed by atoms with Gasteiger partial charge in [0.15, 0.2) is 12.6 Å². The lowest BCUT2D eigenvalue weighted by atomic mass is 10.0. The summed E-state index contributed by atoms with van der Waals surface area (Å²) in [5.41, 5.74) is 4.71. The van der Waals surface area contributed by atoms with E-state index in [2.05, 4.69) is 50.2 Å². The van der Waals surface area contributed by atoms with Crippen molar-refractivity contribution in [2.45, 2.75) is 129 Å². The Bertz CT molecular complexity index is 1030. The molecule has 2 aromatic heterocycles. The van der Waals surface area contributed by atoms with E-state index in [1.165, 1.54) is 111 Å². The number of hydrogen-bond acceptors (Lipinski definition) is 4. The summed E-state index contributed by atoms with van der Waals surface area (Å²) in [4.78, 5) is 27.6. The third-order valence-electron chi connectivity index (χ3n) is 7.95. The molecule has 2 heterocycles. The maximum absolute atomic E-state index is 11.8. The van der Waals surface area contributed by atoms with Crippen LogP contribution in [-0.4, -0.2) is 12.6 Å². The van der Waals surface area contributed by atoms with Gasteiger partial charge >= 0.3 is 0 Å². The molecule has 0 saturated carbocycles. The minimum Gasteiger partial charge on any atom is -0.297 e. The van der Waals surface area contributed by atoms with Crippen molar-refractivity contribution in [3.8, 4) is 20.9 Å². The molecule has 0 spiro atoms. The van der Waals surface area contributed by atoms with Crippen molar-refractivity contribution < 1.29 is 9.59 Å². The van der Waals surface area contributed by atoms with E-state index in [1.54, 1.807) is 22.7 Å². The van der Waals surface area contributed by atoms with E-state index in [4.69, 9.17) is 0 Å². The van der Waals surface area contributed by atoms with Crippen LogP contribution in [0.2, 0.25) is 0 Å². The maximum atomic E-state index is 11.8. The fraction of sp³-hybridized carbons (Fsp3) is 0.556. The summed E-state index contributed by atoms with van der Waals surface area (Å²) < 4.78 is 0. The van der Waals surface area contributed by atoms with Crippen LogP contribution >= 0.6 is 22.7 Å². The van der Waals surface area contributed by atoms with Crippen LogP contribution in [0.5, 0.6) is 0 Å². The monoisotopic (exact) mass is 578 g/mol. The van der Waals surface area contributed by atoms with E-state index in [1.807, 2.05) is 0 Å². The number of thiophene rings is 2. The minimum absolute atomic E-state index is 0.876. The maximum Gasteiger partial charge on any atom is 0.160 e. The van der Waals surface area contributed by atoms with Crippen LogP contribution in [0.25, 0.3) is 20.9 Å². The van der Waals surface area contributed by atoms with Gasteiger partial charge in [-0.1, -0.05) is 128 Å². The van der Waals surface area contributed by atoms with Gasteiger partial charge in [-0.3, -0.25) is 9.59 Å². The SMILES string of the molecule is CCCCCCCCCCc1cc(-c2ccc(-c3cc(CCCCCCCCCC)c(C=O)s3)cc2)sc1C=O. The molecule has 3 rings (SSSR count). The van der Waals surface area contributed by atoms with Crippen molar-refractivity contribution >= 4 is 35.2 Å². The zero-order valence-corrected chi connectivity index (χ0v) is 26.6. The number of rotatable bonds is 22. The van der Waals surface area contributed by atoms with Crippen LogP contribution in [0.3, 0.4) is 0 Å². The molecule has 0 unspecified atom stereocenters. The van der Waals surface area contributed by atoms with Gasteiger partial charge in [-0.25, -0.2) is 0 Å². The Hall–Kier alpha value is -2.04. The van der Waals surface area contributed by atoms with E-state index in [-0.39, 0.29) is 0 Å². The van der Waals surface area contributed by atoms with Crippen molar-refractivity contribution in [3.05, 3.63) is 57.3 Å². The average Bonchev–Trinajstić information content (AvgIpc) is 3.60. The Kier molecular flexibility index (Phi) is 15.5. The molecule has 3 aromatic rings. The van der Waals surface area contributed by atoms with E-state index in [9.17, 15) is 9.59 Å². The molecule has 40 heavy (non-hydrogen) atoms. The Labute approximate surface area is 251 Å². The highest BCUT2D eigenvalue weighted by molar-refractivity contribution is 7.17. The molecule has 0 amide bonds. The molecule has 0 aliphatic rings. The summed E-state index contributed by atoms with van der Waals surface area (Å²) >= 11 is 3.22. The highest BCUT2D eigenvalue weighted by Gasteiger charge is 2.13. The lowest BCUT2D eigenvalue weighted by molar-refractivity contribution is 0.111. The summed E-state index contributed by atoms with van der Waals surface area (Å²) in [5.74, 6) is 0. The second-order valence-electron chi connectivity index (χ2n) is 11.3. The predicted octanol–water partition coefficient (Wildman–Crippen LogP) is 12.1. The fourth-order valence-electron chi connectivity index (χ4n) is 5.46. The zero-order valence-electron chi connectivity index (χ0n) is 25.0. The molecule has 4 heteroatoms. The molecule has 0 aliphatic carbocycles. The molecule has 2 nitrogen and oxygen atoms in total. The summed E-state index contributed by atoms with van der Waals surface area (Å²) in [5, 5.41) is 0. The van der Waals surface area contributed by atoms with Crippen LogP contribution in [-0.2, 0) is 12.8 Å². The first-order valence-electron chi connectivity index (χ1n) is 16.0. The first-order chi connectivity index (χ1) is 19.7. The Morgan fingerprint density at radius 1 is 0.500 bits per heavy atom. The third kappa shape index (κ3) is 10.7. The van der Waals surface area contributed by atoms with Crippen molar-refractivity contribution in [1.29, 1.82) is 0 Å². The predicted molar refractivity (Wildman–Crippen MR) is 176 cm³/mol. The van der Waals surface area contributed by atoms with Crippen molar-refractivity contribution in [1.82, 2.24) is 0 Å². The van der Waals surface area contributed by atoms with Gasteiger partial charge in [-0.05, 0) is 60.1 Å². The van der Waals surface area contributed by atoms with Gasteiger partial charge in [-0.15, -0.1) is 22.7 Å². The molecule has 218 valence electrons. The van der Waals surface area contributed by atoms with Crippen LogP contribution < -0.4 is 0 Å². The van der Waals surface area contributed by atoms with Gasteiger partial charge in [0.05, 0.1) is 9.75 Å². The smallest absolute Gasteiger partial charge is 0.160 e. The van der Waals surface area contributed by atoms with Crippen LogP contribution in [0, 0.1) is 0 Å². The molecular formula is C36H50O2S2. The molecular weight excluding hydrogens is 529 g/mol. The molecule has 0 saturated heterocycles. The fourth-order valence-corrected chi connectivity index (χ4v) is 7.52. The zero-order chi connectivity index (χ0) is 28.4. The number of carbonyl (C=O) groups is 2. The second kappa shape index (κ2) is 19.1. The molecule has 0 N–H and O–H groups in total. The average molecular weight is 579 g/mol. The quantitative estimate of drug-likeness (QED) is 0.0877. The van der Waals surface area contributed by atoms with E-state index in [0.717, 1.165) is 59.1 Å². The lowest BCUT2D eigenvalue weighted by Crippen LogP contribution is -1.88. The highest BCUT2D eigenvalue weighted by Crippen LogP contribution is 2.36. The molecule has 0 bridgehead atoms. The third-order valence-corrected chi connectivity index (χ3v) is 10.3. The standard InChI is InChI=1S/C36H50O2S2/c1-3-5-7-9-11-13-15-17-19-31-25-33(39-35(31)27-37)29-21-23-30(24-22-29)34-26-32(36(28-38)40-34)20-18-16-14-12-10-8-6-4-2/h21-28H,3-20H2,1-2H3. The molecule has 0 radical (unpaired) electrons. The van der Waals surface area contributed by atoms with Crippen LogP contribution in [0.4, 0.5) is 0 Å². The van der Waals surface area contributed by atoms with E-state index < -0.39 is 0 Å². The van der Waals surface area contributed by atoms with Gasteiger partial charge in [0.25, 0.3) is 0 Å². The van der Waals surface area contributed by atoms with Gasteiger partial charge < -0.3 is 0 Å².